The Morgan fingerprint density at radius 2 is 1.96 bits per heavy atom. The van der Waals surface area contributed by atoms with Crippen LogP contribution in [0, 0.1) is 0 Å². The molecule has 0 aromatic heterocycles. The molecule has 0 aliphatic heterocycles. The number of thioether (sulfide) groups is 1. The first-order valence-electron chi connectivity index (χ1n) is 7.33. The van der Waals surface area contributed by atoms with Crippen molar-refractivity contribution in [2.24, 2.45) is 5.16 Å². The van der Waals surface area contributed by atoms with Crippen LogP contribution in [0.15, 0.2) is 34.3 Å². The van der Waals surface area contributed by atoms with E-state index < -0.39 is 17.3 Å². The topological polar surface area (TPSA) is 51.1 Å². The molecule has 0 aliphatic carbocycles. The zero-order chi connectivity index (χ0) is 19.7. The lowest BCUT2D eigenvalue weighted by molar-refractivity contribution is -0.0575. The lowest BCUT2D eigenvalue weighted by Gasteiger charge is -2.15. The minimum absolute atomic E-state index is 0.0792. The molecule has 1 rings (SSSR count). The molecule has 26 heavy (non-hydrogen) atoms. The van der Waals surface area contributed by atoms with Crippen LogP contribution in [0.5, 0.6) is 0 Å². The van der Waals surface area contributed by atoms with Crippen LogP contribution >= 0.6 is 33.5 Å². The van der Waals surface area contributed by atoms with Gasteiger partial charge in [0.2, 0.25) is 5.04 Å². The second-order valence-electron chi connectivity index (χ2n) is 5.08. The van der Waals surface area contributed by atoms with Crippen molar-refractivity contribution in [3.8, 4) is 0 Å². The first-order chi connectivity index (χ1) is 12.1. The van der Waals surface area contributed by atoms with E-state index in [1.807, 2.05) is 38.1 Å². The summed E-state index contributed by atoms with van der Waals surface area (Å²) in [5.41, 5.74) is 0.945. The van der Waals surface area contributed by atoms with Crippen LogP contribution in [-0.4, -0.2) is 41.0 Å². The molecule has 0 saturated carbocycles. The number of halogens is 3. The monoisotopic (exact) mass is 428 g/mol. The second kappa shape index (κ2) is 11.0. The molecule has 11 heteroatoms. The van der Waals surface area contributed by atoms with Crippen molar-refractivity contribution in [1.82, 2.24) is 4.31 Å². The third-order valence-electron chi connectivity index (χ3n) is 2.68. The van der Waals surface area contributed by atoms with Crippen molar-refractivity contribution in [3.63, 3.8) is 0 Å². The van der Waals surface area contributed by atoms with Gasteiger partial charge in [0.1, 0.15) is 0 Å². The average molecular weight is 429 g/mol. The fourth-order valence-electron chi connectivity index (χ4n) is 1.43. The molecule has 0 radical (unpaired) electrons. The zero-order valence-corrected chi connectivity index (χ0v) is 17.0. The van der Waals surface area contributed by atoms with E-state index in [4.69, 9.17) is 4.74 Å². The number of rotatable bonds is 7. The molecule has 0 unspecified atom stereocenters. The largest absolute Gasteiger partial charge is 0.446 e. The quantitative estimate of drug-likeness (QED) is 0.141. The van der Waals surface area contributed by atoms with Gasteiger partial charge in [-0.05, 0) is 42.5 Å². The molecule has 5 nitrogen and oxygen atoms in total. The molecule has 0 saturated heterocycles. The summed E-state index contributed by atoms with van der Waals surface area (Å²) in [6, 6.07) is 7.49. The number of amides is 1. The highest BCUT2D eigenvalue weighted by Gasteiger charge is 2.36. The van der Waals surface area contributed by atoms with Crippen molar-refractivity contribution in [2.75, 3.05) is 13.3 Å². The maximum absolute atomic E-state index is 12.5. The third-order valence-corrected chi connectivity index (χ3v) is 5.83. The SMILES string of the molecule is CSC(=NOC(=O)N(C)SSc1ccccc1COC(C)C)C(F)(F)F. The number of hydrogen-bond donors (Lipinski definition) is 0. The van der Waals surface area contributed by atoms with Crippen LogP contribution in [-0.2, 0) is 16.2 Å². The Kier molecular flexibility index (Phi) is 9.69. The highest BCUT2D eigenvalue weighted by atomic mass is 33.1. The first-order valence-corrected chi connectivity index (χ1v) is 10.7. The molecule has 0 atom stereocenters. The molecule has 0 aliphatic rings. The molecule has 0 N–H and O–H groups in total. The van der Waals surface area contributed by atoms with Gasteiger partial charge in [0.15, 0.2) is 0 Å². The number of ether oxygens (including phenoxy) is 1. The van der Waals surface area contributed by atoms with Gasteiger partial charge in [-0.1, -0.05) is 23.4 Å². The van der Waals surface area contributed by atoms with Gasteiger partial charge in [0.05, 0.1) is 12.7 Å². The summed E-state index contributed by atoms with van der Waals surface area (Å²) in [5, 5.41) is 1.65. The standard InChI is InChI=1S/C15H19F3N2O3S3/c1-10(2)22-9-11-7-5-6-8-12(11)25-26-20(3)14(21)23-19-13(24-4)15(16,17)18/h5-8,10H,9H2,1-4H3. The molecule has 0 bridgehead atoms. The lowest BCUT2D eigenvalue weighted by Crippen LogP contribution is -2.23. The van der Waals surface area contributed by atoms with E-state index in [1.165, 1.54) is 24.1 Å². The van der Waals surface area contributed by atoms with E-state index >= 15 is 0 Å². The third kappa shape index (κ3) is 8.11. The average Bonchev–Trinajstić information content (AvgIpc) is 2.57. The Morgan fingerprint density at radius 1 is 1.31 bits per heavy atom. The van der Waals surface area contributed by atoms with Crippen LogP contribution in [0.2, 0.25) is 0 Å². The van der Waals surface area contributed by atoms with Gasteiger partial charge in [0, 0.05) is 22.9 Å². The lowest BCUT2D eigenvalue weighted by atomic mass is 10.2. The summed E-state index contributed by atoms with van der Waals surface area (Å²) in [7, 11) is 3.67. The number of benzene rings is 1. The fourth-order valence-corrected chi connectivity index (χ4v) is 3.67. The minimum Gasteiger partial charge on any atom is -0.374 e. The van der Waals surface area contributed by atoms with Crippen molar-refractivity contribution in [2.45, 2.75) is 37.6 Å². The minimum atomic E-state index is -4.66. The predicted octanol–water partition coefficient (Wildman–Crippen LogP) is 5.57. The highest BCUT2D eigenvalue weighted by Crippen LogP contribution is 2.36. The number of alkyl halides is 3. The van der Waals surface area contributed by atoms with Gasteiger partial charge in [-0.3, -0.25) is 4.84 Å². The van der Waals surface area contributed by atoms with Crippen molar-refractivity contribution >= 4 is 44.7 Å². The van der Waals surface area contributed by atoms with Gasteiger partial charge in [0.25, 0.3) is 0 Å². The summed E-state index contributed by atoms with van der Waals surface area (Å²) in [4.78, 5) is 17.0. The maximum atomic E-state index is 12.5. The molecule has 0 fully saturated rings. The number of hydrogen-bond acceptors (Lipinski definition) is 7. The molecule has 1 aromatic rings. The summed E-state index contributed by atoms with van der Waals surface area (Å²) in [5.74, 6) is 0. The second-order valence-corrected chi connectivity index (χ2v) is 8.12. The Hall–Kier alpha value is -1.04. The fraction of sp³-hybridized carbons (Fsp3) is 0.467. The number of carbonyl (C=O) groups is 1. The van der Waals surface area contributed by atoms with Crippen molar-refractivity contribution in [3.05, 3.63) is 29.8 Å². The van der Waals surface area contributed by atoms with E-state index in [0.717, 1.165) is 25.7 Å². The van der Waals surface area contributed by atoms with Crippen LogP contribution < -0.4 is 0 Å². The number of nitrogens with zero attached hydrogens (tertiary/aromatic N) is 2. The van der Waals surface area contributed by atoms with Crippen molar-refractivity contribution in [1.29, 1.82) is 0 Å². The molecular weight excluding hydrogens is 409 g/mol. The molecule has 1 aromatic carbocycles. The van der Waals surface area contributed by atoms with Crippen LogP contribution in [0.1, 0.15) is 19.4 Å². The Bertz CT molecular complexity index is 628. The molecular formula is C15H19F3N2O3S3. The van der Waals surface area contributed by atoms with Gasteiger partial charge >= 0.3 is 12.3 Å². The Labute approximate surface area is 162 Å². The maximum Gasteiger partial charge on any atom is 0.446 e. The van der Waals surface area contributed by atoms with Crippen LogP contribution in [0.25, 0.3) is 0 Å². The van der Waals surface area contributed by atoms with Crippen LogP contribution in [0.3, 0.4) is 0 Å². The smallest absolute Gasteiger partial charge is 0.374 e. The molecule has 0 heterocycles. The Balaban J connectivity index is 2.62. The van der Waals surface area contributed by atoms with Crippen LogP contribution in [0.4, 0.5) is 18.0 Å². The summed E-state index contributed by atoms with van der Waals surface area (Å²) >= 11 is 0.354. The number of oxime groups is 1. The number of carbonyl (C=O) groups excluding carboxylic acids is 1. The van der Waals surface area contributed by atoms with Gasteiger partial charge in [-0.2, -0.15) is 13.2 Å². The molecule has 0 spiro atoms. The molecule has 1 amide bonds. The van der Waals surface area contributed by atoms with E-state index in [9.17, 15) is 18.0 Å². The first kappa shape index (κ1) is 23.0. The van der Waals surface area contributed by atoms with E-state index in [1.54, 1.807) is 0 Å². The van der Waals surface area contributed by atoms with Crippen molar-refractivity contribution < 1.29 is 27.5 Å². The zero-order valence-electron chi connectivity index (χ0n) is 14.6. The summed E-state index contributed by atoms with van der Waals surface area (Å²) in [6.07, 6.45) is -4.38. The molecule has 146 valence electrons. The van der Waals surface area contributed by atoms with E-state index in [-0.39, 0.29) is 6.10 Å². The Morgan fingerprint density at radius 3 is 2.54 bits per heavy atom. The van der Waals surface area contributed by atoms with Gasteiger partial charge in [-0.25, -0.2) is 9.10 Å². The van der Waals surface area contributed by atoms with Gasteiger partial charge in [-0.15, -0.1) is 11.8 Å². The van der Waals surface area contributed by atoms with E-state index in [0.29, 0.717) is 18.4 Å². The summed E-state index contributed by atoms with van der Waals surface area (Å²) in [6.45, 7) is 4.28. The predicted molar refractivity (Wildman–Crippen MR) is 101 cm³/mol. The normalized spacial score (nSPS) is 12.4. The highest BCUT2D eigenvalue weighted by molar-refractivity contribution is 8.75. The van der Waals surface area contributed by atoms with Gasteiger partial charge < -0.3 is 4.74 Å². The van der Waals surface area contributed by atoms with E-state index in [2.05, 4.69) is 9.99 Å². The summed E-state index contributed by atoms with van der Waals surface area (Å²) < 4.78 is 44.2.